The number of hydrogen-bond donors (Lipinski definition) is 0. The molecule has 0 saturated heterocycles. The van der Waals surface area contributed by atoms with Crippen LogP contribution in [-0.2, 0) is 12.8 Å². The summed E-state index contributed by atoms with van der Waals surface area (Å²) in [5.41, 5.74) is 9.66. The number of hydrogen-bond acceptors (Lipinski definition) is 1. The van der Waals surface area contributed by atoms with Crippen molar-refractivity contribution in [2.45, 2.75) is 65.2 Å². The zero-order valence-corrected chi connectivity index (χ0v) is 25.5. The summed E-state index contributed by atoms with van der Waals surface area (Å²) < 4.78 is 6.77. The molecule has 0 atom stereocenters. The zero-order chi connectivity index (χ0) is 29.2. The lowest BCUT2D eigenvalue weighted by molar-refractivity contribution is 0.670. The molecule has 43 heavy (non-hydrogen) atoms. The first kappa shape index (κ1) is 27.5. The van der Waals surface area contributed by atoms with Gasteiger partial charge >= 0.3 is 0 Å². The van der Waals surface area contributed by atoms with Crippen LogP contribution < -0.4 is 0 Å². The van der Waals surface area contributed by atoms with E-state index in [-0.39, 0.29) is 0 Å². The van der Waals surface area contributed by atoms with Crippen LogP contribution in [0.5, 0.6) is 0 Å². The van der Waals surface area contributed by atoms with E-state index in [9.17, 15) is 0 Å². The summed E-state index contributed by atoms with van der Waals surface area (Å²) >= 11 is 0. The Labute approximate surface area is 255 Å². The summed E-state index contributed by atoms with van der Waals surface area (Å²) in [5.74, 6) is 0. The molecule has 0 bridgehead atoms. The van der Waals surface area contributed by atoms with Gasteiger partial charge in [0.1, 0.15) is 11.2 Å². The van der Waals surface area contributed by atoms with E-state index in [1.807, 2.05) is 0 Å². The lowest BCUT2D eigenvalue weighted by Crippen LogP contribution is -1.88. The fraction of sp³-hybridized carbons (Fsp3) is 0.238. The third kappa shape index (κ3) is 5.23. The van der Waals surface area contributed by atoms with Crippen LogP contribution in [0.1, 0.15) is 63.5 Å². The predicted molar refractivity (Wildman–Crippen MR) is 186 cm³/mol. The van der Waals surface area contributed by atoms with Crippen molar-refractivity contribution in [2.24, 2.45) is 0 Å². The molecule has 0 fully saturated rings. The standard InChI is InChI=1S/C42H40O/c1-3-5-7-13-29-19-23-31(24-20-29)37-27-39-41(35-17-11-9-15-33(35)37)42-36-18-12-10-16-34(36)38(28-40(42)43-39)32-25-21-30(22-26-32)14-8-6-4-2/h9-12,15-28H,3-8,13-14H2,1-2H3. The monoisotopic (exact) mass is 560 g/mol. The van der Waals surface area contributed by atoms with Gasteiger partial charge in [0, 0.05) is 10.8 Å². The molecule has 0 N–H and O–H groups in total. The lowest BCUT2D eigenvalue weighted by atomic mass is 9.91. The van der Waals surface area contributed by atoms with Crippen molar-refractivity contribution >= 4 is 43.5 Å². The summed E-state index contributed by atoms with van der Waals surface area (Å²) in [7, 11) is 0. The maximum atomic E-state index is 6.77. The summed E-state index contributed by atoms with van der Waals surface area (Å²) in [4.78, 5) is 0. The molecule has 0 radical (unpaired) electrons. The second-order valence-electron chi connectivity index (χ2n) is 12.1. The molecule has 1 heteroatoms. The molecule has 214 valence electrons. The van der Waals surface area contributed by atoms with Gasteiger partial charge in [-0.15, -0.1) is 0 Å². The Kier molecular flexibility index (Phi) is 7.73. The number of unbranched alkanes of at least 4 members (excludes halogenated alkanes) is 4. The third-order valence-corrected chi connectivity index (χ3v) is 9.15. The Morgan fingerprint density at radius 3 is 1.23 bits per heavy atom. The first-order valence-electron chi connectivity index (χ1n) is 16.2. The average molecular weight is 561 g/mol. The van der Waals surface area contributed by atoms with Gasteiger partial charge in [0.15, 0.2) is 0 Å². The first-order chi connectivity index (χ1) is 21.2. The van der Waals surface area contributed by atoms with E-state index in [1.165, 1.54) is 104 Å². The van der Waals surface area contributed by atoms with Crippen molar-refractivity contribution < 1.29 is 4.42 Å². The van der Waals surface area contributed by atoms with Crippen LogP contribution in [0.15, 0.2) is 114 Å². The van der Waals surface area contributed by atoms with Crippen molar-refractivity contribution in [3.05, 3.63) is 120 Å². The molecular formula is C42H40O. The summed E-state index contributed by atoms with van der Waals surface area (Å²) in [6.07, 6.45) is 9.88. The zero-order valence-electron chi connectivity index (χ0n) is 25.5. The van der Waals surface area contributed by atoms with Gasteiger partial charge in [-0.1, -0.05) is 137 Å². The minimum atomic E-state index is 0.948. The van der Waals surface area contributed by atoms with Gasteiger partial charge in [0.05, 0.1) is 0 Å². The molecule has 7 aromatic rings. The van der Waals surface area contributed by atoms with Crippen LogP contribution in [-0.4, -0.2) is 0 Å². The molecule has 0 aliphatic heterocycles. The second-order valence-corrected chi connectivity index (χ2v) is 12.1. The SMILES string of the molecule is CCCCCc1ccc(-c2cc3oc4cc(-c5ccc(CCCCC)cc5)c5ccccc5c4c3c3ccccc23)cc1. The quantitative estimate of drug-likeness (QED) is 0.152. The van der Waals surface area contributed by atoms with E-state index in [1.54, 1.807) is 0 Å². The Morgan fingerprint density at radius 1 is 0.442 bits per heavy atom. The molecule has 1 heterocycles. The van der Waals surface area contributed by atoms with Crippen molar-refractivity contribution in [1.82, 2.24) is 0 Å². The van der Waals surface area contributed by atoms with Crippen LogP contribution in [0, 0.1) is 0 Å². The molecule has 0 aliphatic rings. The molecule has 1 aromatic heterocycles. The van der Waals surface area contributed by atoms with Crippen LogP contribution >= 0.6 is 0 Å². The summed E-state index contributed by atoms with van der Waals surface area (Å²) in [6, 6.07) is 40.6. The Hall–Kier alpha value is -4.36. The highest BCUT2D eigenvalue weighted by Gasteiger charge is 2.19. The summed E-state index contributed by atoms with van der Waals surface area (Å²) in [5, 5.41) is 7.44. The molecule has 7 rings (SSSR count). The minimum absolute atomic E-state index is 0.948. The van der Waals surface area contributed by atoms with E-state index < -0.39 is 0 Å². The Morgan fingerprint density at radius 2 is 0.837 bits per heavy atom. The molecule has 0 aliphatic carbocycles. The fourth-order valence-electron chi connectivity index (χ4n) is 6.83. The van der Waals surface area contributed by atoms with Crippen LogP contribution in [0.25, 0.3) is 65.7 Å². The van der Waals surface area contributed by atoms with Crippen LogP contribution in [0.3, 0.4) is 0 Å². The number of fused-ring (bicyclic) bond motifs is 7. The topological polar surface area (TPSA) is 13.1 Å². The van der Waals surface area contributed by atoms with E-state index >= 15 is 0 Å². The summed E-state index contributed by atoms with van der Waals surface area (Å²) in [6.45, 7) is 4.52. The van der Waals surface area contributed by atoms with Gasteiger partial charge < -0.3 is 4.42 Å². The van der Waals surface area contributed by atoms with Gasteiger partial charge in [-0.3, -0.25) is 0 Å². The Bertz CT molecular complexity index is 1880. The van der Waals surface area contributed by atoms with Gasteiger partial charge in [-0.2, -0.15) is 0 Å². The second kappa shape index (κ2) is 12.1. The van der Waals surface area contributed by atoms with Crippen molar-refractivity contribution in [3.8, 4) is 22.3 Å². The highest BCUT2D eigenvalue weighted by molar-refractivity contribution is 6.29. The normalized spacial score (nSPS) is 11.8. The molecule has 0 spiro atoms. The molecular weight excluding hydrogens is 520 g/mol. The molecule has 6 aromatic carbocycles. The highest BCUT2D eigenvalue weighted by atomic mass is 16.3. The van der Waals surface area contributed by atoms with Gasteiger partial charge in [-0.05, 0) is 92.7 Å². The Balaban J connectivity index is 1.38. The number of aryl methyl sites for hydroxylation is 2. The van der Waals surface area contributed by atoms with Gasteiger partial charge in [0.2, 0.25) is 0 Å². The van der Waals surface area contributed by atoms with Gasteiger partial charge in [-0.25, -0.2) is 0 Å². The van der Waals surface area contributed by atoms with Crippen LogP contribution in [0.2, 0.25) is 0 Å². The maximum absolute atomic E-state index is 6.77. The average Bonchev–Trinajstić information content (AvgIpc) is 3.44. The number of furan rings is 1. The number of rotatable bonds is 10. The molecule has 0 saturated carbocycles. The highest BCUT2D eigenvalue weighted by Crippen LogP contribution is 2.44. The van der Waals surface area contributed by atoms with E-state index in [4.69, 9.17) is 4.42 Å². The largest absolute Gasteiger partial charge is 0.456 e. The molecule has 0 unspecified atom stereocenters. The van der Waals surface area contributed by atoms with E-state index in [2.05, 4.69) is 123 Å². The van der Waals surface area contributed by atoms with E-state index in [0.717, 1.165) is 24.0 Å². The molecule has 0 amide bonds. The van der Waals surface area contributed by atoms with Crippen molar-refractivity contribution in [1.29, 1.82) is 0 Å². The van der Waals surface area contributed by atoms with Crippen molar-refractivity contribution in [2.75, 3.05) is 0 Å². The number of benzene rings is 6. The fourth-order valence-corrected chi connectivity index (χ4v) is 6.83. The van der Waals surface area contributed by atoms with Gasteiger partial charge in [0.25, 0.3) is 0 Å². The minimum Gasteiger partial charge on any atom is -0.456 e. The molecule has 1 nitrogen and oxygen atoms in total. The van der Waals surface area contributed by atoms with E-state index in [0.29, 0.717) is 0 Å². The predicted octanol–water partition coefficient (Wildman–Crippen LogP) is 12.7. The smallest absolute Gasteiger partial charge is 0.136 e. The first-order valence-corrected chi connectivity index (χ1v) is 16.2. The maximum Gasteiger partial charge on any atom is 0.136 e. The van der Waals surface area contributed by atoms with Crippen molar-refractivity contribution in [3.63, 3.8) is 0 Å². The third-order valence-electron chi connectivity index (χ3n) is 9.15. The van der Waals surface area contributed by atoms with Crippen LogP contribution in [0.4, 0.5) is 0 Å². The lowest BCUT2D eigenvalue weighted by Gasteiger charge is -2.11.